The maximum absolute atomic E-state index is 6.12. The van der Waals surface area contributed by atoms with Crippen molar-refractivity contribution in [2.75, 3.05) is 32.6 Å². The molecule has 150 valence electrons. The number of anilines is 1. The van der Waals surface area contributed by atoms with Crippen LogP contribution in [0.3, 0.4) is 0 Å². The van der Waals surface area contributed by atoms with Gasteiger partial charge in [-0.05, 0) is 69.1 Å². The molecule has 1 saturated carbocycles. The largest absolute Gasteiger partial charge is 0.495 e. The molecular formula is C21H32ClN3OS. The number of thiocarbonyl (C=S) groups is 1. The lowest BCUT2D eigenvalue weighted by Crippen LogP contribution is -2.51. The van der Waals surface area contributed by atoms with Gasteiger partial charge in [0, 0.05) is 30.2 Å². The fourth-order valence-electron chi connectivity index (χ4n) is 4.62. The van der Waals surface area contributed by atoms with Crippen molar-refractivity contribution in [3.8, 4) is 5.75 Å². The number of nitrogens with zero attached hydrogens (tertiary/aromatic N) is 2. The molecule has 0 spiro atoms. The van der Waals surface area contributed by atoms with Crippen LogP contribution in [0.2, 0.25) is 5.02 Å². The van der Waals surface area contributed by atoms with Gasteiger partial charge in [-0.1, -0.05) is 31.4 Å². The highest BCUT2D eigenvalue weighted by Gasteiger charge is 2.31. The Bertz CT molecular complexity index is 648. The molecule has 4 nitrogen and oxygen atoms in total. The molecule has 27 heavy (non-hydrogen) atoms. The van der Waals surface area contributed by atoms with E-state index in [2.05, 4.69) is 29.1 Å². The molecule has 1 heterocycles. The predicted octanol–water partition coefficient (Wildman–Crippen LogP) is 5.02. The van der Waals surface area contributed by atoms with Crippen molar-refractivity contribution in [1.82, 2.24) is 9.80 Å². The van der Waals surface area contributed by atoms with Gasteiger partial charge in [0.2, 0.25) is 0 Å². The average Bonchev–Trinajstić information content (AvgIpc) is 2.68. The number of nitrogens with one attached hydrogen (secondary N) is 1. The molecule has 1 aliphatic heterocycles. The van der Waals surface area contributed by atoms with Crippen molar-refractivity contribution in [1.29, 1.82) is 0 Å². The van der Waals surface area contributed by atoms with E-state index < -0.39 is 0 Å². The molecule has 0 bridgehead atoms. The lowest BCUT2D eigenvalue weighted by molar-refractivity contribution is 0.0691. The summed E-state index contributed by atoms with van der Waals surface area (Å²) in [5.74, 6) is 1.57. The van der Waals surface area contributed by atoms with E-state index in [1.165, 1.54) is 25.7 Å². The number of benzene rings is 1. The number of hydrogen-bond acceptors (Lipinski definition) is 3. The zero-order chi connectivity index (χ0) is 19.4. The van der Waals surface area contributed by atoms with Crippen molar-refractivity contribution in [2.45, 2.75) is 57.5 Å². The number of rotatable bonds is 4. The first-order valence-corrected chi connectivity index (χ1v) is 10.9. The minimum Gasteiger partial charge on any atom is -0.495 e. The first-order chi connectivity index (χ1) is 13.0. The van der Waals surface area contributed by atoms with Crippen LogP contribution >= 0.6 is 23.8 Å². The SMILES string of the molecule is COc1ccc(Cl)cc1NC(=S)N1CCC(N(C)[C@H]2CCCC[C@@H]2C)CC1. The van der Waals surface area contributed by atoms with Gasteiger partial charge in [0.25, 0.3) is 0 Å². The summed E-state index contributed by atoms with van der Waals surface area (Å²) in [6.45, 7) is 4.41. The molecular weight excluding hydrogens is 378 g/mol. The van der Waals surface area contributed by atoms with Crippen LogP contribution in [-0.2, 0) is 0 Å². The maximum atomic E-state index is 6.12. The van der Waals surface area contributed by atoms with Gasteiger partial charge in [0.05, 0.1) is 12.8 Å². The molecule has 1 aliphatic carbocycles. The van der Waals surface area contributed by atoms with Crippen LogP contribution in [0.15, 0.2) is 18.2 Å². The quantitative estimate of drug-likeness (QED) is 0.704. The van der Waals surface area contributed by atoms with Crippen LogP contribution in [0.4, 0.5) is 5.69 Å². The van der Waals surface area contributed by atoms with Crippen LogP contribution in [0.25, 0.3) is 0 Å². The van der Waals surface area contributed by atoms with Crippen molar-refractivity contribution < 1.29 is 4.74 Å². The molecule has 2 fully saturated rings. The first-order valence-electron chi connectivity index (χ1n) is 10.1. The smallest absolute Gasteiger partial charge is 0.173 e. The lowest BCUT2D eigenvalue weighted by Gasteiger charge is -2.44. The minimum atomic E-state index is 0.662. The minimum absolute atomic E-state index is 0.662. The summed E-state index contributed by atoms with van der Waals surface area (Å²) in [5, 5.41) is 4.74. The molecule has 2 atom stereocenters. The van der Waals surface area contributed by atoms with Gasteiger partial charge in [-0.15, -0.1) is 0 Å². The van der Waals surface area contributed by atoms with E-state index in [1.807, 2.05) is 18.2 Å². The summed E-state index contributed by atoms with van der Waals surface area (Å²) in [7, 11) is 3.99. The monoisotopic (exact) mass is 409 g/mol. The lowest BCUT2D eigenvalue weighted by atomic mass is 9.84. The van der Waals surface area contributed by atoms with Gasteiger partial charge in [0.15, 0.2) is 5.11 Å². The summed E-state index contributed by atoms with van der Waals surface area (Å²) >= 11 is 11.8. The number of halogens is 1. The van der Waals surface area contributed by atoms with E-state index in [0.29, 0.717) is 11.1 Å². The zero-order valence-corrected chi connectivity index (χ0v) is 18.3. The number of ether oxygens (including phenoxy) is 1. The number of likely N-dealkylation sites (tertiary alicyclic amines) is 1. The molecule has 0 aromatic heterocycles. The third kappa shape index (κ3) is 5.07. The van der Waals surface area contributed by atoms with Gasteiger partial charge in [-0.3, -0.25) is 0 Å². The fourth-order valence-corrected chi connectivity index (χ4v) is 5.09. The highest BCUT2D eigenvalue weighted by atomic mass is 35.5. The second-order valence-corrected chi connectivity index (χ2v) is 8.81. The fraction of sp³-hybridized carbons (Fsp3) is 0.667. The molecule has 1 saturated heterocycles. The summed E-state index contributed by atoms with van der Waals surface area (Å²) in [5.41, 5.74) is 0.824. The Hall–Kier alpha value is -1.04. The van der Waals surface area contributed by atoms with Gasteiger partial charge < -0.3 is 19.9 Å². The van der Waals surface area contributed by atoms with Crippen molar-refractivity contribution in [3.05, 3.63) is 23.2 Å². The van der Waals surface area contributed by atoms with E-state index in [0.717, 1.165) is 54.4 Å². The first kappa shape index (κ1) is 20.7. The van der Waals surface area contributed by atoms with Crippen LogP contribution in [0.1, 0.15) is 45.4 Å². The Morgan fingerprint density at radius 2 is 1.93 bits per heavy atom. The van der Waals surface area contributed by atoms with Crippen molar-refractivity contribution >= 4 is 34.6 Å². The van der Waals surface area contributed by atoms with Crippen molar-refractivity contribution in [3.63, 3.8) is 0 Å². The Labute approximate surface area is 174 Å². The van der Waals surface area contributed by atoms with E-state index in [4.69, 9.17) is 28.6 Å². The molecule has 0 unspecified atom stereocenters. The topological polar surface area (TPSA) is 27.7 Å². The standard InChI is InChI=1S/C21H32ClN3OS/c1-15-6-4-5-7-19(15)24(2)17-10-12-25(13-11-17)21(27)23-18-14-16(22)8-9-20(18)26-3/h8-9,14-15,17,19H,4-7,10-13H2,1-3H3,(H,23,27)/t15-,19-/m0/s1. The van der Waals surface area contributed by atoms with Gasteiger partial charge in [-0.2, -0.15) is 0 Å². The molecule has 3 rings (SSSR count). The molecule has 2 aliphatic rings. The number of hydrogen-bond donors (Lipinski definition) is 1. The van der Waals surface area contributed by atoms with Gasteiger partial charge in [-0.25, -0.2) is 0 Å². The van der Waals surface area contributed by atoms with Crippen LogP contribution in [-0.4, -0.2) is 54.2 Å². The van der Waals surface area contributed by atoms with Crippen LogP contribution < -0.4 is 10.1 Å². The van der Waals surface area contributed by atoms with Crippen LogP contribution in [0, 0.1) is 5.92 Å². The average molecular weight is 410 g/mol. The van der Waals surface area contributed by atoms with E-state index in [1.54, 1.807) is 7.11 Å². The Kier molecular flexibility index (Phi) is 7.23. The number of piperidine rings is 1. The summed E-state index contributed by atoms with van der Waals surface area (Å²) in [6.07, 6.45) is 7.84. The Morgan fingerprint density at radius 3 is 2.59 bits per heavy atom. The zero-order valence-electron chi connectivity index (χ0n) is 16.7. The summed E-state index contributed by atoms with van der Waals surface area (Å²) < 4.78 is 5.41. The summed E-state index contributed by atoms with van der Waals surface area (Å²) in [4.78, 5) is 4.93. The molecule has 1 N–H and O–H groups in total. The molecule has 1 aromatic carbocycles. The Morgan fingerprint density at radius 1 is 1.22 bits per heavy atom. The van der Waals surface area contributed by atoms with Crippen molar-refractivity contribution in [2.24, 2.45) is 5.92 Å². The normalized spacial score (nSPS) is 24.1. The third-order valence-corrected chi connectivity index (χ3v) is 6.92. The third-order valence-electron chi connectivity index (χ3n) is 6.32. The molecule has 1 aromatic rings. The van der Waals surface area contributed by atoms with Gasteiger partial charge >= 0.3 is 0 Å². The van der Waals surface area contributed by atoms with E-state index >= 15 is 0 Å². The second kappa shape index (κ2) is 9.44. The van der Waals surface area contributed by atoms with E-state index in [-0.39, 0.29) is 0 Å². The molecule has 0 radical (unpaired) electrons. The van der Waals surface area contributed by atoms with E-state index in [9.17, 15) is 0 Å². The van der Waals surface area contributed by atoms with Gasteiger partial charge in [0.1, 0.15) is 5.75 Å². The van der Waals surface area contributed by atoms with Crippen LogP contribution in [0.5, 0.6) is 5.75 Å². The maximum Gasteiger partial charge on any atom is 0.173 e. The predicted molar refractivity (Wildman–Crippen MR) is 118 cm³/mol. The molecule has 6 heteroatoms. The summed E-state index contributed by atoms with van der Waals surface area (Å²) in [6, 6.07) is 6.95. The molecule has 0 amide bonds. The second-order valence-electron chi connectivity index (χ2n) is 7.99. The highest BCUT2D eigenvalue weighted by Crippen LogP contribution is 2.31. The Balaban J connectivity index is 1.54. The number of methoxy groups -OCH3 is 1. The highest BCUT2D eigenvalue weighted by molar-refractivity contribution is 7.80.